The van der Waals surface area contributed by atoms with Crippen LogP contribution in [0.1, 0.15) is 6.92 Å². The molecule has 0 saturated carbocycles. The maximum atomic E-state index is 13.3. The lowest BCUT2D eigenvalue weighted by Gasteiger charge is -2.34. The molecule has 9 heteroatoms. The quantitative estimate of drug-likeness (QED) is 0.487. The minimum Gasteiger partial charge on any atom is -0.194 e. The van der Waals surface area contributed by atoms with Gasteiger partial charge in [-0.3, -0.25) is 0 Å². The van der Waals surface area contributed by atoms with Crippen molar-refractivity contribution in [3.63, 3.8) is 0 Å². The topological polar surface area (TPSA) is 0 Å². The maximum absolute atomic E-state index is 13.3. The molecule has 0 amide bonds. The summed E-state index contributed by atoms with van der Waals surface area (Å²) in [7, 11) is 0. The Kier molecular flexibility index (Phi) is 5.14. The Labute approximate surface area is 108 Å². The minimum absolute atomic E-state index is 0.0837. The van der Waals surface area contributed by atoms with E-state index in [1.165, 1.54) is 6.92 Å². The average Bonchev–Trinajstić information content (AvgIpc) is 2.27. The normalized spacial score (nSPS) is 15.8. The number of hydrogen-bond donors (Lipinski definition) is 0. The number of hydrogen-bond acceptors (Lipinski definition) is 0. The Hall–Kier alpha value is -1.41. The van der Waals surface area contributed by atoms with Crippen LogP contribution in [-0.2, 0) is 0 Å². The van der Waals surface area contributed by atoms with Gasteiger partial charge in [-0.2, -0.15) is 39.5 Å². The van der Waals surface area contributed by atoms with Gasteiger partial charge in [0.05, 0.1) is 0 Å². The van der Waals surface area contributed by atoms with Crippen LogP contribution in [0.3, 0.4) is 0 Å². The molecule has 0 saturated heterocycles. The smallest absolute Gasteiger partial charge is 0.194 e. The molecule has 0 nitrogen and oxygen atoms in total. The van der Waals surface area contributed by atoms with Gasteiger partial charge in [0.1, 0.15) is 0 Å². The van der Waals surface area contributed by atoms with Crippen molar-refractivity contribution in [3.8, 4) is 0 Å². The van der Waals surface area contributed by atoms with Crippen LogP contribution < -0.4 is 0 Å². The zero-order chi connectivity index (χ0) is 16.4. The van der Waals surface area contributed by atoms with Crippen molar-refractivity contribution in [1.29, 1.82) is 0 Å². The first-order valence-electron chi connectivity index (χ1n) is 4.93. The lowest BCUT2D eigenvalue weighted by Crippen LogP contribution is -2.61. The SMILES string of the molecule is C=C/C(=C\C=C/C)C(F)(F)C(F)(F)C(F)(F)C(F)(F)F. The van der Waals surface area contributed by atoms with Gasteiger partial charge in [-0.25, -0.2) is 0 Å². The van der Waals surface area contributed by atoms with Crippen LogP contribution in [0.4, 0.5) is 39.5 Å². The van der Waals surface area contributed by atoms with Gasteiger partial charge in [0.15, 0.2) is 0 Å². The fraction of sp³-hybridized carbons (Fsp3) is 0.455. The highest BCUT2D eigenvalue weighted by Gasteiger charge is 2.82. The summed E-state index contributed by atoms with van der Waals surface area (Å²) in [6.07, 6.45) is -4.62. The minimum atomic E-state index is -6.90. The van der Waals surface area contributed by atoms with Gasteiger partial charge in [0, 0.05) is 5.57 Å². The summed E-state index contributed by atoms with van der Waals surface area (Å²) < 4.78 is 113. The molecular weight excluding hydrogens is 303 g/mol. The van der Waals surface area contributed by atoms with Gasteiger partial charge in [-0.05, 0) is 6.92 Å². The number of halogens is 9. The zero-order valence-electron chi connectivity index (χ0n) is 9.92. The van der Waals surface area contributed by atoms with Gasteiger partial charge < -0.3 is 0 Å². The number of alkyl halides is 9. The molecular formula is C11H9F9. The molecule has 0 aliphatic heterocycles. The Balaban J connectivity index is 5.97. The third kappa shape index (κ3) is 2.85. The molecule has 0 atom stereocenters. The molecule has 0 N–H and O–H groups in total. The van der Waals surface area contributed by atoms with E-state index in [2.05, 4.69) is 6.58 Å². The average molecular weight is 312 g/mol. The number of allylic oxidation sites excluding steroid dienone is 5. The first-order chi connectivity index (χ1) is 8.77. The molecule has 0 radical (unpaired) electrons. The van der Waals surface area contributed by atoms with Crippen molar-refractivity contribution in [1.82, 2.24) is 0 Å². The Morgan fingerprint density at radius 1 is 0.850 bits per heavy atom. The predicted molar refractivity (Wildman–Crippen MR) is 54.0 cm³/mol. The molecule has 0 aromatic heterocycles. The summed E-state index contributed by atoms with van der Waals surface area (Å²) in [6, 6.07) is 0. The van der Waals surface area contributed by atoms with Gasteiger partial charge in [-0.15, -0.1) is 0 Å². The standard InChI is InChI=1S/C11H9F9/c1-3-5-6-7(4-2)8(12,13)9(14,15)10(16,17)11(18,19)20/h3-6H,2H2,1H3/b5-3-,7-6+. The Morgan fingerprint density at radius 3 is 1.60 bits per heavy atom. The van der Waals surface area contributed by atoms with Crippen molar-refractivity contribution in [2.75, 3.05) is 0 Å². The van der Waals surface area contributed by atoms with E-state index in [9.17, 15) is 39.5 Å². The van der Waals surface area contributed by atoms with Gasteiger partial charge >= 0.3 is 23.9 Å². The lowest BCUT2D eigenvalue weighted by atomic mass is 9.96. The summed E-state index contributed by atoms with van der Waals surface area (Å²) >= 11 is 0. The van der Waals surface area contributed by atoms with Crippen LogP contribution in [0.25, 0.3) is 0 Å². The van der Waals surface area contributed by atoms with E-state index in [0.29, 0.717) is 0 Å². The molecule has 116 valence electrons. The second-order valence-corrected chi connectivity index (χ2v) is 3.57. The maximum Gasteiger partial charge on any atom is 0.460 e. The van der Waals surface area contributed by atoms with Gasteiger partial charge in [-0.1, -0.05) is 30.9 Å². The first-order valence-corrected chi connectivity index (χ1v) is 4.93. The lowest BCUT2D eigenvalue weighted by molar-refractivity contribution is -0.389. The van der Waals surface area contributed by atoms with Crippen molar-refractivity contribution in [3.05, 3.63) is 36.5 Å². The van der Waals surface area contributed by atoms with Crippen LogP contribution in [-0.4, -0.2) is 23.9 Å². The molecule has 0 aromatic carbocycles. The van der Waals surface area contributed by atoms with Crippen molar-refractivity contribution < 1.29 is 39.5 Å². The van der Waals surface area contributed by atoms with Crippen LogP contribution in [0.5, 0.6) is 0 Å². The molecule has 0 aromatic rings. The second-order valence-electron chi connectivity index (χ2n) is 3.57. The highest BCUT2D eigenvalue weighted by atomic mass is 19.4. The molecule has 0 aliphatic carbocycles. The van der Waals surface area contributed by atoms with Crippen molar-refractivity contribution in [2.45, 2.75) is 30.9 Å². The molecule has 20 heavy (non-hydrogen) atoms. The third-order valence-electron chi connectivity index (χ3n) is 2.20. The van der Waals surface area contributed by atoms with E-state index in [0.717, 1.165) is 12.2 Å². The van der Waals surface area contributed by atoms with Crippen molar-refractivity contribution in [2.24, 2.45) is 0 Å². The highest BCUT2D eigenvalue weighted by Crippen LogP contribution is 2.55. The van der Waals surface area contributed by atoms with E-state index < -0.39 is 29.5 Å². The second kappa shape index (κ2) is 5.53. The van der Waals surface area contributed by atoms with Crippen LogP contribution in [0.2, 0.25) is 0 Å². The summed E-state index contributed by atoms with van der Waals surface area (Å²) in [5.74, 6) is -19.3. The molecule has 0 fully saturated rings. The van der Waals surface area contributed by atoms with E-state index in [1.807, 2.05) is 0 Å². The summed E-state index contributed by atoms with van der Waals surface area (Å²) in [4.78, 5) is 0. The van der Waals surface area contributed by atoms with Crippen LogP contribution >= 0.6 is 0 Å². The zero-order valence-corrected chi connectivity index (χ0v) is 9.92. The molecule has 0 unspecified atom stereocenters. The van der Waals surface area contributed by atoms with Gasteiger partial charge in [0.25, 0.3) is 0 Å². The van der Waals surface area contributed by atoms with E-state index >= 15 is 0 Å². The molecule has 0 heterocycles. The van der Waals surface area contributed by atoms with Crippen LogP contribution in [0, 0.1) is 0 Å². The van der Waals surface area contributed by atoms with E-state index in [-0.39, 0.29) is 12.2 Å². The Bertz CT molecular complexity index is 412. The van der Waals surface area contributed by atoms with E-state index in [1.54, 1.807) is 0 Å². The number of rotatable bonds is 5. The highest BCUT2D eigenvalue weighted by molar-refractivity contribution is 5.32. The van der Waals surface area contributed by atoms with Gasteiger partial charge in [0.2, 0.25) is 0 Å². The van der Waals surface area contributed by atoms with Crippen LogP contribution in [0.15, 0.2) is 36.5 Å². The largest absolute Gasteiger partial charge is 0.460 e. The molecule has 0 bridgehead atoms. The monoisotopic (exact) mass is 312 g/mol. The molecule has 0 spiro atoms. The Morgan fingerprint density at radius 2 is 1.30 bits per heavy atom. The molecule has 0 rings (SSSR count). The van der Waals surface area contributed by atoms with E-state index in [4.69, 9.17) is 0 Å². The summed E-state index contributed by atoms with van der Waals surface area (Å²) in [6.45, 7) is 3.99. The van der Waals surface area contributed by atoms with Crippen molar-refractivity contribution >= 4 is 0 Å². The first kappa shape index (κ1) is 18.6. The molecule has 0 aliphatic rings. The summed E-state index contributed by atoms with van der Waals surface area (Å²) in [5.41, 5.74) is -1.76. The third-order valence-corrected chi connectivity index (χ3v) is 2.20. The predicted octanol–water partition coefficient (Wildman–Crippen LogP) is 5.14. The fourth-order valence-electron chi connectivity index (χ4n) is 1.06. The summed E-state index contributed by atoms with van der Waals surface area (Å²) in [5, 5.41) is 0. The fourth-order valence-corrected chi connectivity index (χ4v) is 1.06.